The molecule has 0 aliphatic carbocycles. The van der Waals surface area contributed by atoms with E-state index in [0.29, 0.717) is 17.9 Å². The highest BCUT2D eigenvalue weighted by Gasteiger charge is 2.06. The second-order valence-electron chi connectivity index (χ2n) is 6.67. The number of nitrogens with zero attached hydrogens (tertiary/aromatic N) is 1. The van der Waals surface area contributed by atoms with Crippen molar-refractivity contribution in [3.05, 3.63) is 76.1 Å². The van der Waals surface area contributed by atoms with Crippen molar-refractivity contribution in [3.63, 3.8) is 0 Å². The molecule has 6 heteroatoms. The summed E-state index contributed by atoms with van der Waals surface area (Å²) in [6.45, 7) is 4.31. The van der Waals surface area contributed by atoms with Gasteiger partial charge in [0.25, 0.3) is 5.91 Å². The summed E-state index contributed by atoms with van der Waals surface area (Å²) in [5.41, 5.74) is 2.27. The molecule has 3 aromatic rings. The van der Waals surface area contributed by atoms with Crippen LogP contribution in [0.1, 0.15) is 18.1 Å². The van der Waals surface area contributed by atoms with Crippen LogP contribution in [0.25, 0.3) is 11.0 Å². The summed E-state index contributed by atoms with van der Waals surface area (Å²) in [5.74, 6) is 0.257. The molecule has 2 aromatic carbocycles. The van der Waals surface area contributed by atoms with E-state index in [2.05, 4.69) is 36.3 Å². The van der Waals surface area contributed by atoms with Crippen LogP contribution >= 0.6 is 0 Å². The van der Waals surface area contributed by atoms with Crippen molar-refractivity contribution in [3.8, 4) is 5.75 Å². The van der Waals surface area contributed by atoms with Crippen molar-refractivity contribution in [2.75, 3.05) is 20.2 Å². The molecule has 1 amide bonds. The molecule has 6 nitrogen and oxygen atoms in total. The Balaban J connectivity index is 1.52. The highest BCUT2D eigenvalue weighted by molar-refractivity contribution is 5.79. The maximum atomic E-state index is 12.1. The fourth-order valence-electron chi connectivity index (χ4n) is 2.79. The number of amides is 1. The normalized spacial score (nSPS) is 11.0. The summed E-state index contributed by atoms with van der Waals surface area (Å²) in [6, 6.07) is 16.3. The number of carbonyl (C=O) groups is 1. The highest BCUT2D eigenvalue weighted by atomic mass is 16.5. The van der Waals surface area contributed by atoms with Gasteiger partial charge in [-0.1, -0.05) is 31.2 Å². The molecular weight excluding hydrogens is 356 g/mol. The lowest BCUT2D eigenvalue weighted by Gasteiger charge is -2.14. The number of ether oxygens (including phenoxy) is 1. The van der Waals surface area contributed by atoms with Crippen LogP contribution in [0.5, 0.6) is 5.75 Å². The maximum absolute atomic E-state index is 12.1. The summed E-state index contributed by atoms with van der Waals surface area (Å²) < 4.78 is 10.6. The Bertz CT molecular complexity index is 1010. The SMILES string of the molecule is CCN(C)Cc1cccc(CNC(=O)COc2ccc3ccc(=O)oc3c2)c1. The summed E-state index contributed by atoms with van der Waals surface area (Å²) in [7, 11) is 2.07. The average Bonchev–Trinajstić information content (AvgIpc) is 2.70. The predicted molar refractivity (Wildman–Crippen MR) is 108 cm³/mol. The van der Waals surface area contributed by atoms with Gasteiger partial charge in [0, 0.05) is 30.6 Å². The first-order valence-electron chi connectivity index (χ1n) is 9.23. The third-order valence-electron chi connectivity index (χ3n) is 4.44. The maximum Gasteiger partial charge on any atom is 0.336 e. The first-order valence-corrected chi connectivity index (χ1v) is 9.23. The van der Waals surface area contributed by atoms with Crippen molar-refractivity contribution in [1.29, 1.82) is 0 Å². The van der Waals surface area contributed by atoms with E-state index in [1.54, 1.807) is 24.3 Å². The lowest BCUT2D eigenvalue weighted by molar-refractivity contribution is -0.123. The van der Waals surface area contributed by atoms with E-state index in [9.17, 15) is 9.59 Å². The summed E-state index contributed by atoms with van der Waals surface area (Å²) in [4.78, 5) is 25.6. The van der Waals surface area contributed by atoms with Gasteiger partial charge < -0.3 is 19.4 Å². The van der Waals surface area contributed by atoms with E-state index >= 15 is 0 Å². The van der Waals surface area contributed by atoms with Crippen LogP contribution in [0.3, 0.4) is 0 Å². The van der Waals surface area contributed by atoms with Crippen molar-refractivity contribution in [1.82, 2.24) is 10.2 Å². The Hall–Kier alpha value is -3.12. The van der Waals surface area contributed by atoms with Crippen LogP contribution < -0.4 is 15.7 Å². The highest BCUT2D eigenvalue weighted by Crippen LogP contribution is 2.19. The average molecular weight is 380 g/mol. The monoisotopic (exact) mass is 380 g/mol. The van der Waals surface area contributed by atoms with Crippen LogP contribution in [0.15, 0.2) is 63.8 Å². The summed E-state index contributed by atoms with van der Waals surface area (Å²) >= 11 is 0. The van der Waals surface area contributed by atoms with E-state index in [1.807, 2.05) is 12.1 Å². The number of benzene rings is 2. The number of rotatable bonds is 8. The third-order valence-corrected chi connectivity index (χ3v) is 4.44. The van der Waals surface area contributed by atoms with Gasteiger partial charge in [0.1, 0.15) is 11.3 Å². The Kier molecular flexibility index (Phi) is 6.45. The zero-order valence-electron chi connectivity index (χ0n) is 16.1. The largest absolute Gasteiger partial charge is 0.484 e. The van der Waals surface area contributed by atoms with Gasteiger partial charge in [0.05, 0.1) is 0 Å². The van der Waals surface area contributed by atoms with Crippen molar-refractivity contribution >= 4 is 16.9 Å². The molecule has 1 aromatic heterocycles. The van der Waals surface area contributed by atoms with E-state index < -0.39 is 5.63 Å². The summed E-state index contributed by atoms with van der Waals surface area (Å²) in [5, 5.41) is 3.66. The van der Waals surface area contributed by atoms with Crippen LogP contribution in [-0.4, -0.2) is 31.0 Å². The minimum atomic E-state index is -0.422. The van der Waals surface area contributed by atoms with Crippen molar-refractivity contribution in [2.45, 2.75) is 20.0 Å². The van der Waals surface area contributed by atoms with Crippen LogP contribution in [-0.2, 0) is 17.9 Å². The van der Waals surface area contributed by atoms with E-state index in [-0.39, 0.29) is 12.5 Å². The molecule has 28 heavy (non-hydrogen) atoms. The minimum Gasteiger partial charge on any atom is -0.484 e. The molecule has 0 saturated carbocycles. The van der Waals surface area contributed by atoms with Gasteiger partial charge in [-0.25, -0.2) is 4.79 Å². The van der Waals surface area contributed by atoms with Gasteiger partial charge in [0.2, 0.25) is 0 Å². The van der Waals surface area contributed by atoms with E-state index in [0.717, 1.165) is 24.0 Å². The fourth-order valence-corrected chi connectivity index (χ4v) is 2.79. The van der Waals surface area contributed by atoms with Gasteiger partial charge in [-0.15, -0.1) is 0 Å². The molecule has 1 N–H and O–H groups in total. The zero-order valence-corrected chi connectivity index (χ0v) is 16.1. The number of fused-ring (bicyclic) bond motifs is 1. The van der Waals surface area contributed by atoms with Gasteiger partial charge in [-0.05, 0) is 42.9 Å². The molecule has 0 bridgehead atoms. The zero-order chi connectivity index (χ0) is 19.9. The Morgan fingerprint density at radius 3 is 2.71 bits per heavy atom. The molecule has 0 atom stereocenters. The first kappa shape index (κ1) is 19.6. The fraction of sp³-hybridized carbons (Fsp3) is 0.273. The summed E-state index contributed by atoms with van der Waals surface area (Å²) in [6.07, 6.45) is 0. The Labute approximate surface area is 163 Å². The van der Waals surface area contributed by atoms with Gasteiger partial charge >= 0.3 is 5.63 Å². The van der Waals surface area contributed by atoms with Crippen molar-refractivity contribution in [2.24, 2.45) is 0 Å². The van der Waals surface area contributed by atoms with Crippen LogP contribution in [0.4, 0.5) is 0 Å². The molecule has 146 valence electrons. The predicted octanol–water partition coefficient (Wildman–Crippen LogP) is 2.94. The van der Waals surface area contributed by atoms with E-state index in [4.69, 9.17) is 9.15 Å². The lowest BCUT2D eigenvalue weighted by atomic mass is 10.1. The quantitative estimate of drug-likeness (QED) is 0.609. The van der Waals surface area contributed by atoms with E-state index in [1.165, 1.54) is 11.6 Å². The molecule has 0 spiro atoms. The van der Waals surface area contributed by atoms with Crippen molar-refractivity contribution < 1.29 is 13.9 Å². The third kappa shape index (κ3) is 5.44. The molecule has 0 saturated heterocycles. The smallest absolute Gasteiger partial charge is 0.336 e. The number of hydrogen-bond acceptors (Lipinski definition) is 5. The second-order valence-corrected chi connectivity index (χ2v) is 6.67. The Morgan fingerprint density at radius 1 is 1.11 bits per heavy atom. The minimum absolute atomic E-state index is 0.110. The second kappa shape index (κ2) is 9.19. The van der Waals surface area contributed by atoms with Gasteiger partial charge in [0.15, 0.2) is 6.61 Å². The van der Waals surface area contributed by atoms with Crippen LogP contribution in [0, 0.1) is 0 Å². The molecule has 0 aliphatic rings. The first-order chi connectivity index (χ1) is 13.5. The van der Waals surface area contributed by atoms with Crippen LogP contribution in [0.2, 0.25) is 0 Å². The topological polar surface area (TPSA) is 71.8 Å². The van der Waals surface area contributed by atoms with Gasteiger partial charge in [-0.3, -0.25) is 4.79 Å². The molecule has 3 rings (SSSR count). The molecule has 1 heterocycles. The number of nitrogens with one attached hydrogen (secondary N) is 1. The van der Waals surface area contributed by atoms with Gasteiger partial charge in [-0.2, -0.15) is 0 Å². The molecular formula is C22H24N2O4. The number of carbonyl (C=O) groups excluding carboxylic acids is 1. The lowest BCUT2D eigenvalue weighted by Crippen LogP contribution is -2.28. The molecule has 0 unspecified atom stereocenters. The Morgan fingerprint density at radius 2 is 1.89 bits per heavy atom. The number of hydrogen-bond donors (Lipinski definition) is 1. The standard InChI is InChI=1S/C22H24N2O4/c1-3-24(2)14-17-6-4-5-16(11-17)13-23-21(25)15-27-19-9-7-18-8-10-22(26)28-20(18)12-19/h4-12H,3,13-15H2,1-2H3,(H,23,25). The molecule has 0 fully saturated rings. The molecule has 0 radical (unpaired) electrons. The molecule has 0 aliphatic heterocycles.